The van der Waals surface area contributed by atoms with Gasteiger partial charge in [-0.05, 0) is 29.2 Å². The van der Waals surface area contributed by atoms with Gasteiger partial charge in [-0.25, -0.2) is 0 Å². The molecule has 3 atom stereocenters. The minimum atomic E-state index is -0.720. The quantitative estimate of drug-likeness (QED) is 0.908. The third-order valence-electron chi connectivity index (χ3n) is 5.19. The normalized spacial score (nSPS) is 25.2. The highest BCUT2D eigenvalue weighted by molar-refractivity contribution is 5.73. The molecule has 2 aromatic rings. The van der Waals surface area contributed by atoms with E-state index in [0.29, 0.717) is 6.54 Å². The first-order valence-electron chi connectivity index (χ1n) is 8.48. The average Bonchev–Trinajstić information content (AvgIpc) is 3.21. The van der Waals surface area contributed by atoms with Crippen LogP contribution in [0.1, 0.15) is 22.6 Å². The van der Waals surface area contributed by atoms with E-state index >= 15 is 0 Å². The van der Waals surface area contributed by atoms with Crippen LogP contribution in [0, 0.1) is 5.92 Å². The molecule has 0 bridgehead atoms. The molecule has 2 aromatic carbocycles. The van der Waals surface area contributed by atoms with E-state index in [-0.39, 0.29) is 12.0 Å². The smallest absolute Gasteiger partial charge is 0.308 e. The van der Waals surface area contributed by atoms with Crippen molar-refractivity contribution in [3.63, 3.8) is 0 Å². The zero-order chi connectivity index (χ0) is 16.5. The largest absolute Gasteiger partial charge is 0.493 e. The monoisotopic (exact) mass is 323 g/mol. The summed E-state index contributed by atoms with van der Waals surface area (Å²) in [5.41, 5.74) is 3.47. The number of aliphatic carboxylic acids is 1. The highest BCUT2D eigenvalue weighted by Crippen LogP contribution is 2.36. The van der Waals surface area contributed by atoms with Gasteiger partial charge in [-0.1, -0.05) is 42.5 Å². The van der Waals surface area contributed by atoms with Crippen molar-refractivity contribution in [1.82, 2.24) is 5.32 Å². The van der Waals surface area contributed by atoms with Crippen molar-refractivity contribution in [1.29, 1.82) is 0 Å². The predicted octanol–water partition coefficient (Wildman–Crippen LogP) is 2.62. The zero-order valence-electron chi connectivity index (χ0n) is 13.4. The molecule has 4 nitrogen and oxygen atoms in total. The Balaban J connectivity index is 1.58. The summed E-state index contributed by atoms with van der Waals surface area (Å²) in [5, 5.41) is 13.3. The van der Waals surface area contributed by atoms with Gasteiger partial charge < -0.3 is 15.2 Å². The molecule has 24 heavy (non-hydrogen) atoms. The lowest BCUT2D eigenvalue weighted by Crippen LogP contribution is -2.34. The van der Waals surface area contributed by atoms with Crippen molar-refractivity contribution in [3.8, 4) is 5.75 Å². The molecule has 2 heterocycles. The van der Waals surface area contributed by atoms with Crippen LogP contribution in [-0.4, -0.2) is 30.3 Å². The maximum Gasteiger partial charge on any atom is 0.308 e. The molecule has 124 valence electrons. The van der Waals surface area contributed by atoms with Crippen molar-refractivity contribution in [3.05, 3.63) is 65.2 Å². The Morgan fingerprint density at radius 2 is 2.04 bits per heavy atom. The van der Waals surface area contributed by atoms with E-state index in [1.54, 1.807) is 0 Å². The van der Waals surface area contributed by atoms with Crippen LogP contribution in [-0.2, 0) is 17.6 Å². The third kappa shape index (κ3) is 2.78. The van der Waals surface area contributed by atoms with Crippen LogP contribution >= 0.6 is 0 Å². The minimum absolute atomic E-state index is 0.00196. The summed E-state index contributed by atoms with van der Waals surface area (Å²) in [6.07, 6.45) is 1.65. The molecule has 0 radical (unpaired) electrons. The van der Waals surface area contributed by atoms with Gasteiger partial charge in [0.2, 0.25) is 0 Å². The zero-order valence-corrected chi connectivity index (χ0v) is 13.4. The minimum Gasteiger partial charge on any atom is -0.493 e. The molecule has 2 N–H and O–H groups in total. The van der Waals surface area contributed by atoms with Gasteiger partial charge in [0.15, 0.2) is 0 Å². The first-order valence-corrected chi connectivity index (χ1v) is 8.48. The van der Waals surface area contributed by atoms with Crippen molar-refractivity contribution < 1.29 is 14.6 Å². The molecule has 4 heteroatoms. The average molecular weight is 323 g/mol. The van der Waals surface area contributed by atoms with Gasteiger partial charge in [0, 0.05) is 24.9 Å². The number of hydrogen-bond donors (Lipinski definition) is 2. The molecule has 0 amide bonds. The van der Waals surface area contributed by atoms with E-state index in [2.05, 4.69) is 23.5 Å². The second-order valence-corrected chi connectivity index (χ2v) is 6.64. The van der Waals surface area contributed by atoms with Gasteiger partial charge in [-0.3, -0.25) is 4.79 Å². The SMILES string of the molecule is O=C(O)[C@@H]1C(c2ccc3c(c2)CCO3)CN[C@H]1Cc1ccccc1. The Hall–Kier alpha value is -2.33. The molecule has 1 saturated heterocycles. The van der Waals surface area contributed by atoms with E-state index in [4.69, 9.17) is 4.74 Å². The number of carboxylic acid groups (broad SMARTS) is 1. The van der Waals surface area contributed by atoms with Crippen molar-refractivity contribution in [2.45, 2.75) is 24.8 Å². The number of nitrogens with one attached hydrogen (secondary N) is 1. The molecule has 4 rings (SSSR count). The highest BCUT2D eigenvalue weighted by atomic mass is 16.5. The lowest BCUT2D eigenvalue weighted by Gasteiger charge is -2.21. The standard InChI is InChI=1S/C20H21NO3/c22-20(23)19-16(14-6-7-18-15(11-14)8-9-24-18)12-21-17(19)10-13-4-2-1-3-5-13/h1-7,11,16-17,19,21H,8-10,12H2,(H,22,23)/t16?,17-,19+/m0/s1. The van der Waals surface area contributed by atoms with Gasteiger partial charge in [-0.2, -0.15) is 0 Å². The number of carbonyl (C=O) groups is 1. The Bertz CT molecular complexity index is 744. The fourth-order valence-electron chi connectivity index (χ4n) is 3.99. The summed E-state index contributed by atoms with van der Waals surface area (Å²) < 4.78 is 5.56. The van der Waals surface area contributed by atoms with Crippen LogP contribution in [0.4, 0.5) is 0 Å². The van der Waals surface area contributed by atoms with Gasteiger partial charge in [0.25, 0.3) is 0 Å². The molecule has 2 aliphatic rings. The maximum atomic E-state index is 12.0. The van der Waals surface area contributed by atoms with Crippen LogP contribution in [0.3, 0.4) is 0 Å². The van der Waals surface area contributed by atoms with E-state index in [9.17, 15) is 9.90 Å². The summed E-state index contributed by atoms with van der Waals surface area (Å²) in [7, 11) is 0. The van der Waals surface area contributed by atoms with Crippen LogP contribution in [0.5, 0.6) is 5.75 Å². The van der Waals surface area contributed by atoms with Gasteiger partial charge >= 0.3 is 5.97 Å². The lowest BCUT2D eigenvalue weighted by molar-refractivity contribution is -0.142. The first kappa shape index (κ1) is 15.2. The van der Waals surface area contributed by atoms with Crippen LogP contribution in [0.15, 0.2) is 48.5 Å². The Labute approximate surface area is 141 Å². The molecule has 0 spiro atoms. The summed E-state index contributed by atoms with van der Waals surface area (Å²) in [5.74, 6) is -0.187. The van der Waals surface area contributed by atoms with Gasteiger partial charge in [0.1, 0.15) is 5.75 Å². The van der Waals surface area contributed by atoms with E-state index in [1.165, 1.54) is 11.1 Å². The van der Waals surface area contributed by atoms with Crippen LogP contribution in [0.2, 0.25) is 0 Å². The summed E-state index contributed by atoms with van der Waals surface area (Å²) in [4.78, 5) is 12.0. The van der Waals surface area contributed by atoms with Crippen molar-refractivity contribution in [2.24, 2.45) is 5.92 Å². The highest BCUT2D eigenvalue weighted by Gasteiger charge is 2.41. The molecule has 1 fully saturated rings. The predicted molar refractivity (Wildman–Crippen MR) is 91.4 cm³/mol. The third-order valence-corrected chi connectivity index (χ3v) is 5.19. The number of benzene rings is 2. The Kier molecular flexibility index (Phi) is 3.98. The molecule has 0 aromatic heterocycles. The summed E-state index contributed by atoms with van der Waals surface area (Å²) in [6.45, 7) is 1.43. The van der Waals surface area contributed by atoms with Crippen LogP contribution in [0.25, 0.3) is 0 Å². The first-order chi connectivity index (χ1) is 11.7. The molecule has 2 aliphatic heterocycles. The van der Waals surface area contributed by atoms with Crippen molar-refractivity contribution in [2.75, 3.05) is 13.2 Å². The molecule has 1 unspecified atom stereocenters. The fourth-order valence-corrected chi connectivity index (χ4v) is 3.99. The fraction of sp³-hybridized carbons (Fsp3) is 0.350. The Morgan fingerprint density at radius 3 is 2.83 bits per heavy atom. The topological polar surface area (TPSA) is 58.6 Å². The number of carboxylic acids is 1. The van der Waals surface area contributed by atoms with E-state index in [0.717, 1.165) is 30.8 Å². The van der Waals surface area contributed by atoms with Gasteiger partial charge in [0.05, 0.1) is 12.5 Å². The number of ether oxygens (including phenoxy) is 1. The number of rotatable bonds is 4. The second kappa shape index (κ2) is 6.29. The summed E-state index contributed by atoms with van der Waals surface area (Å²) in [6, 6.07) is 16.2. The summed E-state index contributed by atoms with van der Waals surface area (Å²) >= 11 is 0. The molecule has 0 aliphatic carbocycles. The second-order valence-electron chi connectivity index (χ2n) is 6.64. The Morgan fingerprint density at radius 1 is 1.21 bits per heavy atom. The molecule has 0 saturated carbocycles. The lowest BCUT2D eigenvalue weighted by atomic mass is 9.83. The number of fused-ring (bicyclic) bond motifs is 1. The number of hydrogen-bond acceptors (Lipinski definition) is 3. The van der Waals surface area contributed by atoms with E-state index < -0.39 is 11.9 Å². The maximum absolute atomic E-state index is 12.0. The van der Waals surface area contributed by atoms with Gasteiger partial charge in [-0.15, -0.1) is 0 Å². The van der Waals surface area contributed by atoms with E-state index in [1.807, 2.05) is 30.3 Å². The molecular formula is C20H21NO3. The van der Waals surface area contributed by atoms with Crippen LogP contribution < -0.4 is 10.1 Å². The molecular weight excluding hydrogens is 302 g/mol. The van der Waals surface area contributed by atoms with Crippen molar-refractivity contribution >= 4 is 5.97 Å².